The fraction of sp³-hybridized carbons (Fsp3) is 0.350. The molecule has 0 radical (unpaired) electrons. The fourth-order valence-corrected chi connectivity index (χ4v) is 4.10. The van der Waals surface area contributed by atoms with Crippen molar-refractivity contribution in [2.45, 2.75) is 39.0 Å². The molecule has 0 aromatic heterocycles. The zero-order valence-electron chi connectivity index (χ0n) is 15.8. The second-order valence-corrected chi connectivity index (χ2v) is 7.64. The molecule has 28 heavy (non-hydrogen) atoms. The number of Topliss-reactive ketones (excluding diaryl/α,β-unsaturated/α-hetero) is 1. The zero-order valence-corrected chi connectivity index (χ0v) is 17.4. The van der Waals surface area contributed by atoms with Crippen LogP contribution in [0.5, 0.6) is 0 Å². The first-order chi connectivity index (χ1) is 13.2. The molecule has 3 rings (SSSR count). The van der Waals surface area contributed by atoms with E-state index in [1.54, 1.807) is 18.2 Å². The third-order valence-corrected chi connectivity index (χ3v) is 5.36. The summed E-state index contributed by atoms with van der Waals surface area (Å²) >= 11 is 3.39. The normalized spacial score (nSPS) is 20.8. The number of cyclic esters (lactones) is 1. The highest BCUT2D eigenvalue weighted by atomic mass is 79.9. The van der Waals surface area contributed by atoms with E-state index in [4.69, 9.17) is 15.2 Å². The highest BCUT2D eigenvalue weighted by molar-refractivity contribution is 9.10. The Balaban J connectivity index is 2.30. The maximum atomic E-state index is 13.2. The number of anilines is 1. The number of rotatable bonds is 5. The average Bonchev–Trinajstić information content (AvgIpc) is 2.87. The Bertz CT molecular complexity index is 950. The van der Waals surface area contributed by atoms with E-state index in [1.807, 2.05) is 6.92 Å². The number of hydrogen-bond acceptors (Lipinski definition) is 7. The largest absolute Gasteiger partial charge is 0.462 e. The quantitative estimate of drug-likeness (QED) is 0.526. The minimum atomic E-state index is -1.77. The van der Waals surface area contributed by atoms with Crippen LogP contribution in [0.15, 0.2) is 45.4 Å². The Kier molecular flexibility index (Phi) is 5.34. The maximum absolute atomic E-state index is 13.2. The Morgan fingerprint density at radius 3 is 2.68 bits per heavy atom. The molecule has 0 unspecified atom stereocenters. The van der Waals surface area contributed by atoms with Gasteiger partial charge in [-0.25, -0.2) is 9.59 Å². The molecule has 2 aliphatic heterocycles. The number of fused-ring (bicyclic) bond motifs is 2. The topological polar surface area (TPSA) is 108 Å². The highest BCUT2D eigenvalue weighted by Crippen LogP contribution is 2.52. The van der Waals surface area contributed by atoms with Crippen molar-refractivity contribution in [3.63, 3.8) is 0 Å². The zero-order chi connectivity index (χ0) is 20.6. The lowest BCUT2D eigenvalue weighted by Gasteiger charge is -2.36. The van der Waals surface area contributed by atoms with Crippen LogP contribution in [-0.2, 0) is 29.3 Å². The van der Waals surface area contributed by atoms with Gasteiger partial charge in [-0.15, -0.1) is 0 Å². The number of esters is 2. The van der Waals surface area contributed by atoms with E-state index in [0.29, 0.717) is 22.1 Å². The van der Waals surface area contributed by atoms with Crippen molar-refractivity contribution in [1.29, 1.82) is 0 Å². The Hall–Kier alpha value is -2.61. The third-order valence-electron chi connectivity index (χ3n) is 4.87. The van der Waals surface area contributed by atoms with Gasteiger partial charge in [0.15, 0.2) is 11.2 Å². The van der Waals surface area contributed by atoms with Crippen LogP contribution in [0.25, 0.3) is 0 Å². The number of nitrogens with two attached hydrogens (primary N) is 1. The van der Waals surface area contributed by atoms with Crippen LogP contribution in [-0.4, -0.2) is 24.3 Å². The van der Waals surface area contributed by atoms with Crippen LogP contribution in [0.2, 0.25) is 0 Å². The molecular formula is C20H21BrN2O5. The van der Waals surface area contributed by atoms with Crippen LogP contribution in [0.3, 0.4) is 0 Å². The summed E-state index contributed by atoms with van der Waals surface area (Å²) < 4.78 is 11.4. The second kappa shape index (κ2) is 7.43. The minimum absolute atomic E-state index is 0.0401. The molecule has 1 atom stereocenters. The number of carbonyl (C=O) groups is 3. The van der Waals surface area contributed by atoms with E-state index >= 15 is 0 Å². The SMILES string of the molecule is CCCCOC(=O)C1=C(N)Nc2ccc(Br)cc2[C@@]12C(=O)OC(C)=C2C(C)=O. The number of hydrogen-bond donors (Lipinski definition) is 2. The summed E-state index contributed by atoms with van der Waals surface area (Å²) in [5.41, 5.74) is 5.29. The number of unbranched alkanes of at least 4 members (excludes halogenated alkanes) is 1. The lowest BCUT2D eigenvalue weighted by atomic mass is 9.66. The molecule has 7 nitrogen and oxygen atoms in total. The first-order valence-corrected chi connectivity index (χ1v) is 9.73. The molecule has 0 bridgehead atoms. The van der Waals surface area contributed by atoms with Crippen molar-refractivity contribution >= 4 is 39.3 Å². The fourth-order valence-electron chi connectivity index (χ4n) is 3.74. The number of allylic oxidation sites excluding steroid dienone is 1. The number of benzene rings is 1. The van der Waals surface area contributed by atoms with E-state index in [2.05, 4.69) is 21.2 Å². The van der Waals surface area contributed by atoms with Crippen molar-refractivity contribution in [3.8, 4) is 0 Å². The van der Waals surface area contributed by atoms with E-state index in [-0.39, 0.29) is 35.1 Å². The van der Waals surface area contributed by atoms with Crippen LogP contribution in [0, 0.1) is 0 Å². The number of ether oxygens (including phenoxy) is 2. The number of halogens is 1. The Labute approximate surface area is 171 Å². The minimum Gasteiger partial charge on any atom is -0.462 e. The van der Waals surface area contributed by atoms with E-state index in [1.165, 1.54) is 13.8 Å². The van der Waals surface area contributed by atoms with Crippen LogP contribution in [0.1, 0.15) is 39.2 Å². The average molecular weight is 449 g/mol. The molecule has 0 aliphatic carbocycles. The van der Waals surface area contributed by atoms with Gasteiger partial charge in [-0.1, -0.05) is 29.3 Å². The second-order valence-electron chi connectivity index (χ2n) is 6.72. The standard InChI is InChI=1S/C20H21BrN2O5/c1-4-5-8-27-18(25)16-17(22)23-14-7-6-12(21)9-13(14)20(16)15(10(2)24)11(3)28-19(20)26/h6-7,9,23H,4-5,8,22H2,1-3H3/t20-/m0/s1. The molecule has 3 N–H and O–H groups in total. The highest BCUT2D eigenvalue weighted by Gasteiger charge is 2.61. The third kappa shape index (κ3) is 2.92. The van der Waals surface area contributed by atoms with Gasteiger partial charge in [-0.2, -0.15) is 0 Å². The molecule has 0 fully saturated rings. The van der Waals surface area contributed by atoms with Crippen LogP contribution in [0.4, 0.5) is 5.69 Å². The van der Waals surface area contributed by atoms with Gasteiger partial charge < -0.3 is 20.5 Å². The number of nitrogens with one attached hydrogen (secondary N) is 1. The Morgan fingerprint density at radius 2 is 2.04 bits per heavy atom. The number of carbonyl (C=O) groups excluding carboxylic acids is 3. The van der Waals surface area contributed by atoms with Gasteiger partial charge in [0.05, 0.1) is 12.2 Å². The van der Waals surface area contributed by atoms with Crippen LogP contribution >= 0.6 is 15.9 Å². The summed E-state index contributed by atoms with van der Waals surface area (Å²) in [5.74, 6) is -1.78. The molecule has 8 heteroatoms. The molecule has 0 amide bonds. The van der Waals surface area contributed by atoms with Crippen molar-refractivity contribution < 1.29 is 23.9 Å². The summed E-state index contributed by atoms with van der Waals surface area (Å²) in [6, 6.07) is 5.16. The lowest BCUT2D eigenvalue weighted by Crippen LogP contribution is -2.47. The summed E-state index contributed by atoms with van der Waals surface area (Å²) in [4.78, 5) is 38.8. The van der Waals surface area contributed by atoms with Crippen molar-refractivity contribution in [2.24, 2.45) is 5.73 Å². The van der Waals surface area contributed by atoms with Crippen LogP contribution < -0.4 is 11.1 Å². The molecule has 0 saturated heterocycles. The van der Waals surface area contributed by atoms with Gasteiger partial charge in [0.1, 0.15) is 17.2 Å². The maximum Gasteiger partial charge on any atom is 0.339 e. The van der Waals surface area contributed by atoms with Gasteiger partial charge in [-0.3, -0.25) is 4.79 Å². The van der Waals surface area contributed by atoms with E-state index in [9.17, 15) is 14.4 Å². The Morgan fingerprint density at radius 1 is 1.32 bits per heavy atom. The van der Waals surface area contributed by atoms with Crippen molar-refractivity contribution in [2.75, 3.05) is 11.9 Å². The summed E-state index contributed by atoms with van der Waals surface area (Å²) in [7, 11) is 0. The summed E-state index contributed by atoms with van der Waals surface area (Å²) in [6.45, 7) is 5.01. The monoisotopic (exact) mass is 448 g/mol. The molecule has 1 aromatic carbocycles. The summed E-state index contributed by atoms with van der Waals surface area (Å²) in [5, 5.41) is 2.95. The smallest absolute Gasteiger partial charge is 0.339 e. The molecule has 148 valence electrons. The van der Waals surface area contributed by atoms with E-state index in [0.717, 1.165) is 6.42 Å². The summed E-state index contributed by atoms with van der Waals surface area (Å²) in [6.07, 6.45) is 1.50. The molecule has 2 aliphatic rings. The first kappa shape index (κ1) is 20.1. The first-order valence-electron chi connectivity index (χ1n) is 8.94. The van der Waals surface area contributed by atoms with Gasteiger partial charge in [-0.05, 0) is 38.5 Å². The van der Waals surface area contributed by atoms with Gasteiger partial charge in [0.2, 0.25) is 0 Å². The molecule has 1 aromatic rings. The predicted molar refractivity (Wildman–Crippen MR) is 106 cm³/mol. The number of ketones is 1. The van der Waals surface area contributed by atoms with Gasteiger partial charge in [0.25, 0.3) is 0 Å². The molecule has 1 spiro atoms. The molecule has 0 saturated carbocycles. The van der Waals surface area contributed by atoms with Crippen molar-refractivity contribution in [1.82, 2.24) is 0 Å². The van der Waals surface area contributed by atoms with Gasteiger partial charge in [0, 0.05) is 15.7 Å². The van der Waals surface area contributed by atoms with E-state index < -0.39 is 17.4 Å². The molecule has 2 heterocycles. The predicted octanol–water partition coefficient (Wildman–Crippen LogP) is 3.05. The molecular weight excluding hydrogens is 428 g/mol. The van der Waals surface area contributed by atoms with Crippen molar-refractivity contribution in [3.05, 3.63) is 51.0 Å². The van der Waals surface area contributed by atoms with Gasteiger partial charge >= 0.3 is 11.9 Å². The lowest BCUT2D eigenvalue weighted by molar-refractivity contribution is -0.146.